The van der Waals surface area contributed by atoms with Crippen LogP contribution >= 0.6 is 11.3 Å². The van der Waals surface area contributed by atoms with Crippen LogP contribution in [0.25, 0.3) is 0 Å². The zero-order valence-corrected chi connectivity index (χ0v) is 17.9. The van der Waals surface area contributed by atoms with Crippen LogP contribution in [0.5, 0.6) is 11.5 Å². The van der Waals surface area contributed by atoms with E-state index >= 15 is 0 Å². The van der Waals surface area contributed by atoms with E-state index < -0.39 is 6.61 Å². The van der Waals surface area contributed by atoms with Crippen LogP contribution in [0.3, 0.4) is 0 Å². The topological polar surface area (TPSA) is 68.2 Å². The number of halogens is 2. The Morgan fingerprint density at radius 2 is 2.07 bits per heavy atom. The van der Waals surface area contributed by atoms with Gasteiger partial charge in [-0.15, -0.1) is 11.3 Å². The SMILES string of the molecule is CN=C(NCc1ccc(OC)c(OC(F)F)c1)N(C)Cc1csc(C(C)OC)n1. The van der Waals surface area contributed by atoms with Crippen molar-refractivity contribution in [3.8, 4) is 11.5 Å². The van der Waals surface area contributed by atoms with Gasteiger partial charge in [0.25, 0.3) is 0 Å². The number of nitrogens with one attached hydrogen (secondary N) is 1. The van der Waals surface area contributed by atoms with Gasteiger partial charge in [-0.2, -0.15) is 8.78 Å². The molecule has 2 aromatic rings. The average molecular weight is 429 g/mol. The molecule has 0 aliphatic carbocycles. The molecule has 0 amide bonds. The second kappa shape index (κ2) is 10.9. The minimum absolute atomic E-state index is 0.00703. The van der Waals surface area contributed by atoms with Gasteiger partial charge in [0.05, 0.1) is 19.3 Å². The predicted octanol–water partition coefficient (Wildman–Crippen LogP) is 3.67. The van der Waals surface area contributed by atoms with Crippen LogP contribution in [-0.4, -0.2) is 50.8 Å². The predicted molar refractivity (Wildman–Crippen MR) is 109 cm³/mol. The monoisotopic (exact) mass is 428 g/mol. The molecular weight excluding hydrogens is 402 g/mol. The number of aliphatic imine (C=N–C) groups is 1. The Labute approximate surface area is 173 Å². The lowest BCUT2D eigenvalue weighted by atomic mass is 10.2. The van der Waals surface area contributed by atoms with Crippen molar-refractivity contribution < 1.29 is 23.0 Å². The largest absolute Gasteiger partial charge is 0.493 e. The van der Waals surface area contributed by atoms with Crippen LogP contribution in [-0.2, 0) is 17.8 Å². The third-order valence-corrected chi connectivity index (χ3v) is 5.19. The lowest BCUT2D eigenvalue weighted by molar-refractivity contribution is -0.0512. The summed E-state index contributed by atoms with van der Waals surface area (Å²) >= 11 is 1.55. The molecule has 0 aliphatic heterocycles. The van der Waals surface area contributed by atoms with Crippen LogP contribution < -0.4 is 14.8 Å². The lowest BCUT2D eigenvalue weighted by Gasteiger charge is -2.21. The highest BCUT2D eigenvalue weighted by molar-refractivity contribution is 7.09. The molecule has 0 aliphatic rings. The lowest BCUT2D eigenvalue weighted by Crippen LogP contribution is -2.38. The fraction of sp³-hybridized carbons (Fsp3) is 0.474. The number of methoxy groups -OCH3 is 2. The molecule has 1 aromatic heterocycles. The van der Waals surface area contributed by atoms with E-state index in [0.717, 1.165) is 16.3 Å². The number of guanidine groups is 1. The maximum absolute atomic E-state index is 12.6. The van der Waals surface area contributed by atoms with E-state index in [-0.39, 0.29) is 17.6 Å². The van der Waals surface area contributed by atoms with Gasteiger partial charge in [0.15, 0.2) is 17.5 Å². The zero-order chi connectivity index (χ0) is 21.4. The van der Waals surface area contributed by atoms with Crippen LogP contribution in [0.1, 0.15) is 29.3 Å². The number of thiazole rings is 1. The minimum Gasteiger partial charge on any atom is -0.493 e. The Kier molecular flexibility index (Phi) is 8.59. The molecule has 1 unspecified atom stereocenters. The number of aromatic nitrogens is 1. The molecule has 0 spiro atoms. The fourth-order valence-electron chi connectivity index (χ4n) is 2.59. The molecule has 0 saturated carbocycles. The van der Waals surface area contributed by atoms with Gasteiger partial charge < -0.3 is 24.4 Å². The van der Waals surface area contributed by atoms with Gasteiger partial charge in [-0.25, -0.2) is 4.98 Å². The summed E-state index contributed by atoms with van der Waals surface area (Å²) in [5.74, 6) is 0.888. The van der Waals surface area contributed by atoms with E-state index in [0.29, 0.717) is 19.0 Å². The maximum Gasteiger partial charge on any atom is 0.387 e. The third kappa shape index (κ3) is 6.53. The highest BCUT2D eigenvalue weighted by Crippen LogP contribution is 2.29. The molecule has 1 N–H and O–H groups in total. The van der Waals surface area contributed by atoms with Crippen LogP contribution in [0.4, 0.5) is 8.78 Å². The van der Waals surface area contributed by atoms with Gasteiger partial charge in [-0.3, -0.25) is 4.99 Å². The summed E-state index contributed by atoms with van der Waals surface area (Å²) in [7, 11) is 6.63. The van der Waals surface area contributed by atoms with Gasteiger partial charge >= 0.3 is 6.61 Å². The first-order valence-electron chi connectivity index (χ1n) is 8.88. The van der Waals surface area contributed by atoms with Gasteiger partial charge in [-0.1, -0.05) is 6.07 Å². The number of nitrogens with zero attached hydrogens (tertiary/aromatic N) is 3. The molecule has 160 valence electrons. The van der Waals surface area contributed by atoms with Crippen molar-refractivity contribution in [2.24, 2.45) is 4.99 Å². The molecule has 1 aromatic carbocycles. The molecule has 0 bridgehead atoms. The van der Waals surface area contributed by atoms with Gasteiger partial charge in [0.2, 0.25) is 0 Å². The normalized spacial score (nSPS) is 12.8. The summed E-state index contributed by atoms with van der Waals surface area (Å²) in [6.07, 6.45) is -0.0452. The first-order valence-corrected chi connectivity index (χ1v) is 9.76. The smallest absolute Gasteiger partial charge is 0.387 e. The van der Waals surface area contributed by atoms with Crippen molar-refractivity contribution in [2.45, 2.75) is 32.7 Å². The maximum atomic E-state index is 12.6. The first-order chi connectivity index (χ1) is 13.9. The summed E-state index contributed by atoms with van der Waals surface area (Å²) in [6, 6.07) is 4.88. The van der Waals surface area contributed by atoms with E-state index in [1.807, 2.05) is 24.3 Å². The first kappa shape index (κ1) is 22.8. The minimum atomic E-state index is -2.92. The number of hydrogen-bond donors (Lipinski definition) is 1. The molecule has 1 atom stereocenters. The Bertz CT molecular complexity index is 817. The molecule has 2 rings (SSSR count). The fourth-order valence-corrected chi connectivity index (χ4v) is 3.43. The Balaban J connectivity index is 2.00. The molecule has 0 radical (unpaired) electrons. The van der Waals surface area contributed by atoms with Crippen molar-refractivity contribution in [3.63, 3.8) is 0 Å². The summed E-state index contributed by atoms with van der Waals surface area (Å²) in [5, 5.41) is 6.12. The van der Waals surface area contributed by atoms with Gasteiger partial charge in [-0.05, 0) is 24.6 Å². The highest BCUT2D eigenvalue weighted by atomic mass is 32.1. The molecule has 0 saturated heterocycles. The summed E-state index contributed by atoms with van der Waals surface area (Å²) in [5.41, 5.74) is 1.66. The van der Waals surface area contributed by atoms with Crippen molar-refractivity contribution >= 4 is 17.3 Å². The van der Waals surface area contributed by atoms with Crippen molar-refractivity contribution in [1.29, 1.82) is 0 Å². The second-order valence-electron chi connectivity index (χ2n) is 6.18. The molecule has 0 fully saturated rings. The summed E-state index contributed by atoms with van der Waals surface area (Å²) < 4.78 is 40.1. The number of hydrogen-bond acceptors (Lipinski definition) is 6. The summed E-state index contributed by atoms with van der Waals surface area (Å²) in [4.78, 5) is 10.8. The number of ether oxygens (including phenoxy) is 3. The molecule has 29 heavy (non-hydrogen) atoms. The number of benzene rings is 1. The van der Waals surface area contributed by atoms with Gasteiger partial charge in [0, 0.05) is 33.1 Å². The number of alkyl halides is 2. The third-order valence-electron chi connectivity index (χ3n) is 4.14. The van der Waals surface area contributed by atoms with E-state index in [9.17, 15) is 8.78 Å². The molecule has 10 heteroatoms. The van der Waals surface area contributed by atoms with Crippen LogP contribution in [0.15, 0.2) is 28.6 Å². The molecule has 7 nitrogen and oxygen atoms in total. The van der Waals surface area contributed by atoms with Crippen LogP contribution in [0.2, 0.25) is 0 Å². The quantitative estimate of drug-likeness (QED) is 0.486. The standard InChI is InChI=1S/C19H26F2N4O3S/c1-12(26-4)17-24-14(11-29-17)10-25(3)19(22-2)23-9-13-6-7-15(27-5)16(8-13)28-18(20)21/h6-8,11-12,18H,9-10H2,1-5H3,(H,22,23). The summed E-state index contributed by atoms with van der Waals surface area (Å²) in [6.45, 7) is -0.0263. The van der Waals surface area contributed by atoms with E-state index in [1.165, 1.54) is 13.2 Å². The zero-order valence-electron chi connectivity index (χ0n) is 17.1. The van der Waals surface area contributed by atoms with Gasteiger partial charge in [0.1, 0.15) is 11.1 Å². The van der Waals surface area contributed by atoms with Crippen molar-refractivity contribution in [2.75, 3.05) is 28.3 Å². The Morgan fingerprint density at radius 1 is 1.31 bits per heavy atom. The van der Waals surface area contributed by atoms with Crippen LogP contribution in [0, 0.1) is 0 Å². The van der Waals surface area contributed by atoms with Crippen molar-refractivity contribution in [1.82, 2.24) is 15.2 Å². The van der Waals surface area contributed by atoms with E-state index in [4.69, 9.17) is 9.47 Å². The Hall–Kier alpha value is -2.46. The van der Waals surface area contributed by atoms with E-state index in [2.05, 4.69) is 20.0 Å². The van der Waals surface area contributed by atoms with E-state index in [1.54, 1.807) is 37.6 Å². The van der Waals surface area contributed by atoms with Crippen molar-refractivity contribution in [3.05, 3.63) is 39.8 Å². The molecular formula is C19H26F2N4O3S. The highest BCUT2D eigenvalue weighted by Gasteiger charge is 2.14. The second-order valence-corrected chi connectivity index (χ2v) is 7.07. The number of rotatable bonds is 9. The average Bonchev–Trinajstić information content (AvgIpc) is 3.16. The Morgan fingerprint density at radius 3 is 2.69 bits per heavy atom. The molecule has 1 heterocycles.